The Kier molecular flexibility index (Phi) is 10.9. The number of ether oxygens (including phenoxy) is 2. The number of benzene rings is 1. The fourth-order valence-electron chi connectivity index (χ4n) is 2.45. The third kappa shape index (κ3) is 8.28. The molecular formula is C17H26F2IN3O2. The highest BCUT2D eigenvalue weighted by molar-refractivity contribution is 14.0. The topological polar surface area (TPSA) is 54.9 Å². The Hall–Kier alpha value is -1.00. The molecule has 0 atom stereocenters. The molecule has 1 aliphatic heterocycles. The molecule has 1 aromatic carbocycles. The molecule has 1 heterocycles. The van der Waals surface area contributed by atoms with Crippen LogP contribution in [0.1, 0.15) is 24.8 Å². The molecule has 0 aliphatic carbocycles. The van der Waals surface area contributed by atoms with E-state index in [1.807, 2.05) is 0 Å². The van der Waals surface area contributed by atoms with Gasteiger partial charge in [-0.2, -0.15) is 0 Å². The van der Waals surface area contributed by atoms with Gasteiger partial charge in [0.1, 0.15) is 11.6 Å². The first-order valence-electron chi connectivity index (χ1n) is 8.27. The van der Waals surface area contributed by atoms with Crippen molar-refractivity contribution in [2.45, 2.75) is 31.9 Å². The summed E-state index contributed by atoms with van der Waals surface area (Å²) in [4.78, 5) is 4.06. The van der Waals surface area contributed by atoms with Crippen molar-refractivity contribution in [2.75, 3.05) is 33.4 Å². The molecule has 1 fully saturated rings. The minimum atomic E-state index is -0.457. The Bertz CT molecular complexity index is 541. The zero-order valence-corrected chi connectivity index (χ0v) is 16.7. The van der Waals surface area contributed by atoms with Gasteiger partial charge < -0.3 is 20.1 Å². The molecule has 0 saturated carbocycles. The van der Waals surface area contributed by atoms with E-state index in [4.69, 9.17) is 9.47 Å². The highest BCUT2D eigenvalue weighted by Crippen LogP contribution is 2.10. The van der Waals surface area contributed by atoms with Crippen LogP contribution >= 0.6 is 24.0 Å². The molecule has 0 spiro atoms. The van der Waals surface area contributed by atoms with Crippen LogP contribution in [0, 0.1) is 11.6 Å². The van der Waals surface area contributed by atoms with Crippen LogP contribution in [0.25, 0.3) is 0 Å². The molecule has 1 saturated heterocycles. The van der Waals surface area contributed by atoms with Crippen LogP contribution in [0.15, 0.2) is 23.2 Å². The fraction of sp³-hybridized carbons (Fsp3) is 0.588. The molecule has 0 unspecified atom stereocenters. The third-order valence-electron chi connectivity index (χ3n) is 3.81. The molecule has 2 rings (SSSR count). The predicted molar refractivity (Wildman–Crippen MR) is 104 cm³/mol. The zero-order valence-electron chi connectivity index (χ0n) is 14.4. The largest absolute Gasteiger partial charge is 0.381 e. The average molecular weight is 469 g/mol. The molecule has 0 amide bonds. The standard InChI is InChI=1S/C17H25F2N3O2.HI/c1-20-17(22-12-13-11-14(18)3-4-16(13)19)21-7-2-8-24-15-5-9-23-10-6-15;/h3-4,11,15H,2,5-10,12H2,1H3,(H2,20,21,22);1H. The highest BCUT2D eigenvalue weighted by atomic mass is 127. The fourth-order valence-corrected chi connectivity index (χ4v) is 2.45. The number of hydrogen-bond acceptors (Lipinski definition) is 3. The lowest BCUT2D eigenvalue weighted by Crippen LogP contribution is -2.38. The quantitative estimate of drug-likeness (QED) is 0.279. The molecular weight excluding hydrogens is 443 g/mol. The van der Waals surface area contributed by atoms with Crippen molar-refractivity contribution in [3.63, 3.8) is 0 Å². The van der Waals surface area contributed by atoms with Crippen molar-refractivity contribution in [1.29, 1.82) is 0 Å². The van der Waals surface area contributed by atoms with Crippen LogP contribution < -0.4 is 10.6 Å². The first-order chi connectivity index (χ1) is 11.7. The molecule has 0 aromatic heterocycles. The number of hydrogen-bond donors (Lipinski definition) is 2. The summed E-state index contributed by atoms with van der Waals surface area (Å²) in [5, 5.41) is 6.10. The van der Waals surface area contributed by atoms with E-state index in [9.17, 15) is 8.78 Å². The van der Waals surface area contributed by atoms with Gasteiger partial charge in [-0.3, -0.25) is 4.99 Å². The van der Waals surface area contributed by atoms with Crippen LogP contribution in [0.4, 0.5) is 8.78 Å². The van der Waals surface area contributed by atoms with Crippen molar-refractivity contribution < 1.29 is 18.3 Å². The van der Waals surface area contributed by atoms with Crippen molar-refractivity contribution in [3.05, 3.63) is 35.4 Å². The number of halogens is 3. The number of nitrogens with one attached hydrogen (secondary N) is 2. The van der Waals surface area contributed by atoms with Gasteiger partial charge in [-0.05, 0) is 37.5 Å². The number of aliphatic imine (C=N–C) groups is 1. The van der Waals surface area contributed by atoms with Crippen LogP contribution in [-0.2, 0) is 16.0 Å². The first-order valence-corrected chi connectivity index (χ1v) is 8.27. The van der Waals surface area contributed by atoms with Gasteiger partial charge in [0, 0.05) is 45.5 Å². The van der Waals surface area contributed by atoms with Gasteiger partial charge in [-0.15, -0.1) is 24.0 Å². The maximum absolute atomic E-state index is 13.6. The summed E-state index contributed by atoms with van der Waals surface area (Å²) in [6.45, 7) is 3.08. The molecule has 2 N–H and O–H groups in total. The molecule has 142 valence electrons. The van der Waals surface area contributed by atoms with E-state index in [1.165, 1.54) is 6.07 Å². The lowest BCUT2D eigenvalue weighted by Gasteiger charge is -2.22. The minimum Gasteiger partial charge on any atom is -0.381 e. The molecule has 1 aromatic rings. The summed E-state index contributed by atoms with van der Waals surface area (Å²) in [7, 11) is 1.63. The highest BCUT2D eigenvalue weighted by Gasteiger charge is 2.13. The van der Waals surface area contributed by atoms with E-state index in [2.05, 4.69) is 15.6 Å². The molecule has 0 bridgehead atoms. The maximum atomic E-state index is 13.6. The summed E-state index contributed by atoms with van der Waals surface area (Å²) in [5.74, 6) is -0.352. The van der Waals surface area contributed by atoms with E-state index in [0.29, 0.717) is 25.2 Å². The molecule has 5 nitrogen and oxygen atoms in total. The van der Waals surface area contributed by atoms with Crippen molar-refractivity contribution in [3.8, 4) is 0 Å². The van der Waals surface area contributed by atoms with Gasteiger partial charge in [0.25, 0.3) is 0 Å². The van der Waals surface area contributed by atoms with Crippen LogP contribution in [0.5, 0.6) is 0 Å². The van der Waals surface area contributed by atoms with Crippen molar-refractivity contribution >= 4 is 29.9 Å². The lowest BCUT2D eigenvalue weighted by molar-refractivity contribution is -0.0320. The number of nitrogens with zero attached hydrogens (tertiary/aromatic N) is 1. The third-order valence-corrected chi connectivity index (χ3v) is 3.81. The normalized spacial score (nSPS) is 15.6. The molecule has 0 radical (unpaired) electrons. The summed E-state index contributed by atoms with van der Waals surface area (Å²) >= 11 is 0. The molecule has 25 heavy (non-hydrogen) atoms. The van der Waals surface area contributed by atoms with Gasteiger partial charge in [-0.25, -0.2) is 8.78 Å². The van der Waals surface area contributed by atoms with Gasteiger partial charge in [-0.1, -0.05) is 0 Å². The van der Waals surface area contributed by atoms with E-state index in [1.54, 1.807) is 7.05 Å². The Morgan fingerprint density at radius 3 is 2.76 bits per heavy atom. The van der Waals surface area contributed by atoms with Crippen molar-refractivity contribution in [2.24, 2.45) is 4.99 Å². The van der Waals surface area contributed by atoms with Crippen LogP contribution in [-0.4, -0.2) is 45.5 Å². The smallest absolute Gasteiger partial charge is 0.191 e. The Balaban J connectivity index is 0.00000312. The Labute approximate surface area is 164 Å². The molecule has 1 aliphatic rings. The second kappa shape index (κ2) is 12.4. The SMILES string of the molecule is CN=C(NCCCOC1CCOCC1)NCc1cc(F)ccc1F.I. The summed E-state index contributed by atoms with van der Waals surface area (Å²) in [6.07, 6.45) is 3.05. The zero-order chi connectivity index (χ0) is 17.2. The van der Waals surface area contributed by atoms with Gasteiger partial charge in [0.05, 0.1) is 6.10 Å². The van der Waals surface area contributed by atoms with Crippen molar-refractivity contribution in [1.82, 2.24) is 10.6 Å². The first kappa shape index (κ1) is 22.0. The second-order valence-corrected chi connectivity index (χ2v) is 5.62. The second-order valence-electron chi connectivity index (χ2n) is 5.62. The summed E-state index contributed by atoms with van der Waals surface area (Å²) < 4.78 is 37.8. The summed E-state index contributed by atoms with van der Waals surface area (Å²) in [5.41, 5.74) is 0.265. The Morgan fingerprint density at radius 1 is 1.28 bits per heavy atom. The molecule has 8 heteroatoms. The van der Waals surface area contributed by atoms with Gasteiger partial charge in [0.2, 0.25) is 0 Å². The van der Waals surface area contributed by atoms with E-state index in [-0.39, 0.29) is 36.1 Å². The van der Waals surface area contributed by atoms with Gasteiger partial charge in [0.15, 0.2) is 5.96 Å². The predicted octanol–water partition coefficient (Wildman–Crippen LogP) is 2.83. The number of guanidine groups is 1. The Morgan fingerprint density at radius 2 is 2.04 bits per heavy atom. The minimum absolute atomic E-state index is 0. The average Bonchev–Trinajstić information content (AvgIpc) is 2.61. The van der Waals surface area contributed by atoms with Crippen LogP contribution in [0.2, 0.25) is 0 Å². The van der Waals surface area contributed by atoms with E-state index < -0.39 is 11.6 Å². The van der Waals surface area contributed by atoms with E-state index >= 15 is 0 Å². The maximum Gasteiger partial charge on any atom is 0.191 e. The van der Waals surface area contributed by atoms with Crippen LogP contribution in [0.3, 0.4) is 0 Å². The van der Waals surface area contributed by atoms with E-state index in [0.717, 1.165) is 44.6 Å². The summed E-state index contributed by atoms with van der Waals surface area (Å²) in [6, 6.07) is 3.40. The van der Waals surface area contributed by atoms with Gasteiger partial charge >= 0.3 is 0 Å². The monoisotopic (exact) mass is 469 g/mol. The number of rotatable bonds is 7. The lowest BCUT2D eigenvalue weighted by atomic mass is 10.1.